The van der Waals surface area contributed by atoms with Gasteiger partial charge in [-0.1, -0.05) is 81.7 Å². The zero-order valence-electron chi connectivity index (χ0n) is 12.7. The molecule has 0 bridgehead atoms. The van der Waals surface area contributed by atoms with Crippen LogP contribution in [0.2, 0.25) is 5.02 Å². The van der Waals surface area contributed by atoms with Crippen molar-refractivity contribution in [2.75, 3.05) is 0 Å². The van der Waals surface area contributed by atoms with Crippen molar-refractivity contribution in [3.05, 3.63) is 57.5 Å². The molecule has 1 aromatic heterocycles. The highest BCUT2D eigenvalue weighted by molar-refractivity contribution is 6.79. The number of hydrogen-bond donors (Lipinski definition) is 0. The predicted molar refractivity (Wildman–Crippen MR) is 106 cm³/mol. The van der Waals surface area contributed by atoms with Crippen molar-refractivity contribution in [3.8, 4) is 11.1 Å². The second kappa shape index (κ2) is 7.67. The topological polar surface area (TPSA) is 39.1 Å². The second-order valence-corrected chi connectivity index (χ2v) is 9.20. The molecule has 9 heteroatoms. The van der Waals surface area contributed by atoms with E-state index in [1.54, 1.807) is 35.0 Å². The van der Waals surface area contributed by atoms with Crippen LogP contribution in [-0.2, 0) is 6.54 Å². The summed E-state index contributed by atoms with van der Waals surface area (Å²) in [6.45, 7) is 2.32. The highest BCUT2D eigenvalue weighted by Crippen LogP contribution is 2.47. The van der Waals surface area contributed by atoms with Crippen molar-refractivity contribution in [2.45, 2.75) is 21.6 Å². The minimum absolute atomic E-state index is 0.253. The maximum atomic E-state index is 12.8. The summed E-state index contributed by atoms with van der Waals surface area (Å²) < 4.78 is -3.11. The van der Waals surface area contributed by atoms with E-state index in [1.165, 1.54) is 6.20 Å². The maximum Gasteiger partial charge on any atom is 0.230 e. The quantitative estimate of drug-likeness (QED) is 0.419. The summed E-state index contributed by atoms with van der Waals surface area (Å²) in [5, 5.41) is 0.446. The predicted octanol–water partition coefficient (Wildman–Crippen LogP) is 5.92. The van der Waals surface area contributed by atoms with Gasteiger partial charge in [0.25, 0.3) is 0 Å². The van der Waals surface area contributed by atoms with E-state index in [9.17, 15) is 9.59 Å². The second-order valence-electron chi connectivity index (χ2n) is 5.16. The van der Waals surface area contributed by atoms with E-state index in [-0.39, 0.29) is 11.1 Å². The molecule has 0 aliphatic heterocycles. The van der Waals surface area contributed by atoms with Crippen LogP contribution in [0.5, 0.6) is 0 Å². The molecule has 3 nitrogen and oxygen atoms in total. The lowest BCUT2D eigenvalue weighted by atomic mass is 10.0. The molecule has 0 N–H and O–H groups in total. The Morgan fingerprint density at radius 1 is 1.12 bits per heavy atom. The number of alkyl halides is 5. The molecular formula is C16H11Cl6NO2. The van der Waals surface area contributed by atoms with E-state index in [0.717, 1.165) is 0 Å². The van der Waals surface area contributed by atoms with Gasteiger partial charge in [0, 0.05) is 29.5 Å². The summed E-state index contributed by atoms with van der Waals surface area (Å²) in [6.07, 6.45) is 2.93. The van der Waals surface area contributed by atoms with Gasteiger partial charge in [-0.2, -0.15) is 0 Å². The number of aryl methyl sites for hydroxylation is 1. The van der Waals surface area contributed by atoms with Gasteiger partial charge in [-0.25, -0.2) is 0 Å². The van der Waals surface area contributed by atoms with E-state index in [4.69, 9.17) is 69.6 Å². The molecule has 0 saturated heterocycles. The van der Waals surface area contributed by atoms with E-state index < -0.39 is 19.3 Å². The van der Waals surface area contributed by atoms with Crippen LogP contribution in [0.1, 0.15) is 17.3 Å². The van der Waals surface area contributed by atoms with Crippen LogP contribution in [0.25, 0.3) is 11.1 Å². The van der Waals surface area contributed by atoms with Crippen molar-refractivity contribution in [1.29, 1.82) is 0 Å². The Morgan fingerprint density at radius 3 is 2.28 bits per heavy atom. The number of Topliss-reactive ketones (excluding diaryl/α,β-unsaturated/α-hetero) is 1. The van der Waals surface area contributed by atoms with Crippen LogP contribution < -0.4 is 5.43 Å². The number of aromatic nitrogens is 1. The molecule has 0 atom stereocenters. The van der Waals surface area contributed by atoms with Crippen LogP contribution >= 0.6 is 69.6 Å². The Bertz CT molecular complexity index is 870. The minimum atomic E-state index is -2.42. The summed E-state index contributed by atoms with van der Waals surface area (Å²) in [6, 6.07) is 6.66. The van der Waals surface area contributed by atoms with Gasteiger partial charge in [0.2, 0.25) is 13.9 Å². The SMILES string of the molecule is CCn1cc(C(=O)C(Cl)(Cl)C(Cl)(Cl)Cl)c(=O)c(-c2cccc(Cl)c2)c1. The first kappa shape index (κ1) is 20.9. The Kier molecular flexibility index (Phi) is 6.41. The van der Waals surface area contributed by atoms with Crippen molar-refractivity contribution < 1.29 is 4.79 Å². The Balaban J connectivity index is 2.71. The van der Waals surface area contributed by atoms with E-state index in [1.807, 2.05) is 6.92 Å². The standard InChI is InChI=1S/C16H11Cl6NO2/c1-2-23-7-11(9-4-3-5-10(17)6-9)13(24)12(8-23)14(25)15(18,19)16(20,21)22/h3-8H,2H2,1H3. The summed E-state index contributed by atoms with van der Waals surface area (Å²) in [7, 11) is 0. The number of pyridine rings is 1. The van der Waals surface area contributed by atoms with Gasteiger partial charge in [-0.3, -0.25) is 9.59 Å². The van der Waals surface area contributed by atoms with Gasteiger partial charge in [0.15, 0.2) is 5.43 Å². The molecule has 0 amide bonds. The average molecular weight is 462 g/mol. The number of ketones is 1. The number of carbonyl (C=O) groups excluding carboxylic acids is 1. The molecule has 2 rings (SSSR count). The third-order valence-electron chi connectivity index (χ3n) is 3.47. The number of carbonyl (C=O) groups is 1. The first-order chi connectivity index (χ1) is 11.5. The number of halogens is 6. The molecule has 0 aliphatic rings. The third-order valence-corrected chi connectivity index (χ3v) is 6.04. The van der Waals surface area contributed by atoms with E-state index >= 15 is 0 Å². The summed E-state index contributed by atoms with van der Waals surface area (Å²) >= 11 is 34.9. The van der Waals surface area contributed by atoms with Gasteiger partial charge >= 0.3 is 0 Å². The lowest BCUT2D eigenvalue weighted by Crippen LogP contribution is -2.42. The molecule has 1 aromatic carbocycles. The number of nitrogens with zero attached hydrogens (tertiary/aromatic N) is 1. The van der Waals surface area contributed by atoms with Gasteiger partial charge in [-0.15, -0.1) is 0 Å². The lowest BCUT2D eigenvalue weighted by Gasteiger charge is -2.25. The molecule has 0 radical (unpaired) electrons. The number of benzene rings is 1. The Hall–Kier alpha value is -0.420. The average Bonchev–Trinajstić information content (AvgIpc) is 2.53. The van der Waals surface area contributed by atoms with Crippen LogP contribution in [0, 0.1) is 0 Å². The highest BCUT2D eigenvalue weighted by Gasteiger charge is 2.53. The Morgan fingerprint density at radius 2 is 1.76 bits per heavy atom. The fourth-order valence-corrected chi connectivity index (χ4v) is 2.79. The highest BCUT2D eigenvalue weighted by atomic mass is 35.6. The van der Waals surface area contributed by atoms with Crippen LogP contribution in [0.3, 0.4) is 0 Å². The van der Waals surface area contributed by atoms with Crippen LogP contribution in [-0.4, -0.2) is 18.5 Å². The number of rotatable bonds is 4. The summed E-state index contributed by atoms with van der Waals surface area (Å²) in [5.41, 5.74) is -0.0748. The molecule has 0 fully saturated rings. The molecule has 0 aliphatic carbocycles. The largest absolute Gasteiger partial charge is 0.353 e. The monoisotopic (exact) mass is 459 g/mol. The molecule has 0 unspecified atom stereocenters. The zero-order chi connectivity index (χ0) is 19.0. The van der Waals surface area contributed by atoms with Crippen molar-refractivity contribution >= 4 is 75.4 Å². The molecular weight excluding hydrogens is 451 g/mol. The maximum absolute atomic E-state index is 12.8. The first-order valence-electron chi connectivity index (χ1n) is 6.98. The fourth-order valence-electron chi connectivity index (χ4n) is 2.14. The smallest absolute Gasteiger partial charge is 0.230 e. The van der Waals surface area contributed by atoms with Crippen molar-refractivity contribution in [2.24, 2.45) is 0 Å². The van der Waals surface area contributed by atoms with Gasteiger partial charge in [0.1, 0.15) is 0 Å². The number of hydrogen-bond acceptors (Lipinski definition) is 2. The van der Waals surface area contributed by atoms with Crippen LogP contribution in [0.4, 0.5) is 0 Å². The van der Waals surface area contributed by atoms with Gasteiger partial charge in [0.05, 0.1) is 5.56 Å². The van der Waals surface area contributed by atoms with Gasteiger partial charge < -0.3 is 4.57 Å². The van der Waals surface area contributed by atoms with Gasteiger partial charge in [-0.05, 0) is 24.6 Å². The minimum Gasteiger partial charge on any atom is -0.353 e. The third kappa shape index (κ3) is 4.29. The molecule has 1 heterocycles. The zero-order valence-corrected chi connectivity index (χ0v) is 17.2. The molecule has 25 heavy (non-hydrogen) atoms. The summed E-state index contributed by atoms with van der Waals surface area (Å²) in [4.78, 5) is 25.5. The normalized spacial score (nSPS) is 12.3. The molecule has 0 spiro atoms. The first-order valence-corrected chi connectivity index (χ1v) is 9.25. The lowest BCUT2D eigenvalue weighted by molar-refractivity contribution is 0.0972. The molecule has 2 aromatic rings. The Labute approximate surface area is 174 Å². The van der Waals surface area contributed by atoms with Crippen LogP contribution in [0.15, 0.2) is 41.5 Å². The summed E-state index contributed by atoms with van der Waals surface area (Å²) in [5.74, 6) is -0.994. The molecule has 0 saturated carbocycles. The van der Waals surface area contributed by atoms with Crippen molar-refractivity contribution in [3.63, 3.8) is 0 Å². The van der Waals surface area contributed by atoms with E-state index in [2.05, 4.69) is 0 Å². The van der Waals surface area contributed by atoms with E-state index in [0.29, 0.717) is 17.1 Å². The molecule has 134 valence electrons. The van der Waals surface area contributed by atoms with Crippen molar-refractivity contribution in [1.82, 2.24) is 4.57 Å². The fraction of sp³-hybridized carbons (Fsp3) is 0.250.